The smallest absolute Gasteiger partial charge is 0.247 e. The lowest BCUT2D eigenvalue weighted by molar-refractivity contribution is -0.111. The van der Waals surface area contributed by atoms with Crippen molar-refractivity contribution in [1.29, 1.82) is 0 Å². The number of likely N-dealkylation sites (N-methyl/N-ethyl adjacent to an activating group) is 1. The van der Waals surface area contributed by atoms with Crippen molar-refractivity contribution in [3.63, 3.8) is 0 Å². The number of carbonyl (C=O) groups excluding carboxylic acids is 1. The SMILES string of the molecule is C=CC(=O)Nc1cc(Nc2ncc3cncc(-c4cccc(F)c4)c3n2)ccc1OC1CN(C)C1. The summed E-state index contributed by atoms with van der Waals surface area (Å²) in [6.07, 6.45) is 6.24. The average molecular weight is 471 g/mol. The first-order valence-corrected chi connectivity index (χ1v) is 11.0. The van der Waals surface area contributed by atoms with E-state index in [0.717, 1.165) is 18.5 Å². The highest BCUT2D eigenvalue weighted by molar-refractivity contribution is 6.00. The van der Waals surface area contributed by atoms with Crippen molar-refractivity contribution in [1.82, 2.24) is 19.9 Å². The van der Waals surface area contributed by atoms with Gasteiger partial charge in [0.25, 0.3) is 0 Å². The van der Waals surface area contributed by atoms with Gasteiger partial charge in [-0.15, -0.1) is 0 Å². The summed E-state index contributed by atoms with van der Waals surface area (Å²) < 4.78 is 19.9. The largest absolute Gasteiger partial charge is 0.486 e. The van der Waals surface area contributed by atoms with Crippen molar-refractivity contribution < 1.29 is 13.9 Å². The molecule has 3 heterocycles. The molecule has 4 aromatic rings. The van der Waals surface area contributed by atoms with Crippen LogP contribution in [-0.2, 0) is 4.79 Å². The van der Waals surface area contributed by atoms with Crippen LogP contribution in [0.4, 0.5) is 21.7 Å². The Morgan fingerprint density at radius 2 is 2.06 bits per heavy atom. The molecule has 0 spiro atoms. The second kappa shape index (κ2) is 9.47. The average Bonchev–Trinajstić information content (AvgIpc) is 2.84. The molecule has 1 saturated heterocycles. The summed E-state index contributed by atoms with van der Waals surface area (Å²) in [5.74, 6) is 0.239. The van der Waals surface area contributed by atoms with Crippen LogP contribution in [0.5, 0.6) is 5.75 Å². The van der Waals surface area contributed by atoms with Gasteiger partial charge in [-0.25, -0.2) is 14.4 Å². The zero-order valence-corrected chi connectivity index (χ0v) is 19.0. The van der Waals surface area contributed by atoms with Gasteiger partial charge in [0.1, 0.15) is 17.7 Å². The molecule has 1 amide bonds. The van der Waals surface area contributed by atoms with Crippen LogP contribution in [0.1, 0.15) is 0 Å². The number of hydrogen-bond acceptors (Lipinski definition) is 7. The molecule has 35 heavy (non-hydrogen) atoms. The van der Waals surface area contributed by atoms with E-state index in [0.29, 0.717) is 39.7 Å². The van der Waals surface area contributed by atoms with Gasteiger partial charge in [-0.05, 0) is 49.0 Å². The Hall–Kier alpha value is -4.37. The normalized spacial score (nSPS) is 13.8. The molecule has 0 unspecified atom stereocenters. The van der Waals surface area contributed by atoms with Crippen molar-refractivity contribution in [2.45, 2.75) is 6.10 Å². The van der Waals surface area contributed by atoms with Gasteiger partial charge in [0, 0.05) is 48.3 Å². The van der Waals surface area contributed by atoms with E-state index in [9.17, 15) is 9.18 Å². The van der Waals surface area contributed by atoms with Gasteiger partial charge in [0.15, 0.2) is 0 Å². The minimum Gasteiger partial charge on any atom is -0.486 e. The first-order valence-electron chi connectivity index (χ1n) is 11.0. The number of anilines is 3. The maximum atomic E-state index is 13.8. The number of hydrogen-bond donors (Lipinski definition) is 2. The van der Waals surface area contributed by atoms with Crippen LogP contribution in [0.2, 0.25) is 0 Å². The molecular formula is C26H23FN6O2. The van der Waals surface area contributed by atoms with Crippen LogP contribution >= 0.6 is 0 Å². The number of carbonyl (C=O) groups is 1. The molecule has 2 aromatic carbocycles. The molecule has 5 rings (SSSR count). The maximum Gasteiger partial charge on any atom is 0.247 e. The van der Waals surface area contributed by atoms with E-state index in [1.807, 2.05) is 19.2 Å². The van der Waals surface area contributed by atoms with Crippen molar-refractivity contribution in [3.05, 3.63) is 79.5 Å². The fraction of sp³-hybridized carbons (Fsp3) is 0.154. The minimum atomic E-state index is -0.341. The monoisotopic (exact) mass is 470 g/mol. The summed E-state index contributed by atoms with van der Waals surface area (Å²) in [6, 6.07) is 11.7. The summed E-state index contributed by atoms with van der Waals surface area (Å²) in [6.45, 7) is 5.16. The number of benzene rings is 2. The van der Waals surface area contributed by atoms with E-state index in [-0.39, 0.29) is 17.8 Å². The molecule has 9 heteroatoms. The number of fused-ring (bicyclic) bond motifs is 1. The summed E-state index contributed by atoms with van der Waals surface area (Å²) in [5, 5.41) is 6.70. The Morgan fingerprint density at radius 3 is 2.83 bits per heavy atom. The lowest BCUT2D eigenvalue weighted by atomic mass is 10.1. The van der Waals surface area contributed by atoms with E-state index >= 15 is 0 Å². The first kappa shape index (κ1) is 22.4. The van der Waals surface area contributed by atoms with Crippen LogP contribution in [0, 0.1) is 5.82 Å². The lowest BCUT2D eigenvalue weighted by Crippen LogP contribution is -2.51. The number of pyridine rings is 1. The topological polar surface area (TPSA) is 92.3 Å². The molecule has 0 bridgehead atoms. The van der Waals surface area contributed by atoms with Crippen molar-refractivity contribution in [3.8, 4) is 16.9 Å². The minimum absolute atomic E-state index is 0.0665. The number of likely N-dealkylation sites (tertiary alicyclic amines) is 1. The molecule has 176 valence electrons. The number of halogens is 1. The summed E-state index contributed by atoms with van der Waals surface area (Å²) in [5.41, 5.74) is 3.17. The fourth-order valence-electron chi connectivity index (χ4n) is 3.90. The molecular weight excluding hydrogens is 447 g/mol. The number of rotatable bonds is 7. The Bertz CT molecular complexity index is 1420. The lowest BCUT2D eigenvalue weighted by Gasteiger charge is -2.36. The molecule has 0 radical (unpaired) electrons. The number of nitrogens with zero attached hydrogens (tertiary/aromatic N) is 4. The van der Waals surface area contributed by atoms with Gasteiger partial charge in [-0.1, -0.05) is 18.7 Å². The Morgan fingerprint density at radius 1 is 1.20 bits per heavy atom. The highest BCUT2D eigenvalue weighted by atomic mass is 19.1. The Kier molecular flexibility index (Phi) is 6.07. The molecule has 0 saturated carbocycles. The van der Waals surface area contributed by atoms with Gasteiger partial charge >= 0.3 is 0 Å². The van der Waals surface area contributed by atoms with Gasteiger partial charge in [0.2, 0.25) is 11.9 Å². The van der Waals surface area contributed by atoms with Gasteiger partial charge in [-0.2, -0.15) is 0 Å². The number of amides is 1. The van der Waals surface area contributed by atoms with Crippen molar-refractivity contribution >= 4 is 34.1 Å². The van der Waals surface area contributed by atoms with Gasteiger partial charge in [0.05, 0.1) is 11.2 Å². The predicted molar refractivity (Wildman–Crippen MR) is 133 cm³/mol. The maximum absolute atomic E-state index is 13.8. The molecule has 8 nitrogen and oxygen atoms in total. The summed E-state index contributed by atoms with van der Waals surface area (Å²) in [7, 11) is 2.02. The van der Waals surface area contributed by atoms with Crippen LogP contribution in [-0.4, -0.2) is 52.0 Å². The third-order valence-corrected chi connectivity index (χ3v) is 5.63. The second-order valence-electron chi connectivity index (χ2n) is 8.32. The number of ether oxygens (including phenoxy) is 1. The van der Waals surface area contributed by atoms with E-state index in [2.05, 4.69) is 37.1 Å². The highest BCUT2D eigenvalue weighted by Crippen LogP contribution is 2.32. The van der Waals surface area contributed by atoms with Gasteiger partial charge in [-0.3, -0.25) is 14.7 Å². The Balaban J connectivity index is 1.45. The molecule has 1 aliphatic rings. The Labute approximate surface area is 201 Å². The third kappa shape index (κ3) is 4.95. The third-order valence-electron chi connectivity index (χ3n) is 5.63. The second-order valence-corrected chi connectivity index (χ2v) is 8.32. The first-order chi connectivity index (χ1) is 17.0. The predicted octanol–water partition coefficient (Wildman–Crippen LogP) is 4.39. The highest BCUT2D eigenvalue weighted by Gasteiger charge is 2.26. The number of nitrogens with one attached hydrogen (secondary N) is 2. The molecule has 2 aromatic heterocycles. The van der Waals surface area contributed by atoms with Crippen LogP contribution in [0.25, 0.3) is 22.0 Å². The van der Waals surface area contributed by atoms with Crippen LogP contribution in [0.3, 0.4) is 0 Å². The van der Waals surface area contributed by atoms with E-state index in [1.165, 1.54) is 18.2 Å². The quantitative estimate of drug-likeness (QED) is 0.387. The van der Waals surface area contributed by atoms with Crippen molar-refractivity contribution in [2.24, 2.45) is 0 Å². The van der Waals surface area contributed by atoms with Crippen LogP contribution < -0.4 is 15.4 Å². The molecule has 0 aliphatic carbocycles. The van der Waals surface area contributed by atoms with E-state index in [4.69, 9.17) is 4.74 Å². The fourth-order valence-corrected chi connectivity index (χ4v) is 3.90. The standard InChI is InChI=1S/C26H23FN6O2/c1-3-24(34)31-22-10-19(7-8-23(22)35-20-14-33(2)15-20)30-26-29-12-17-11-28-13-21(25(17)32-26)16-5-4-6-18(27)9-16/h3-13,20H,1,14-15H2,2H3,(H,31,34)(H,29,30,32). The summed E-state index contributed by atoms with van der Waals surface area (Å²) >= 11 is 0. The number of aromatic nitrogens is 3. The van der Waals surface area contributed by atoms with Gasteiger partial charge < -0.3 is 15.4 Å². The zero-order valence-electron chi connectivity index (χ0n) is 19.0. The molecule has 0 atom stereocenters. The van der Waals surface area contributed by atoms with E-state index < -0.39 is 0 Å². The summed E-state index contributed by atoms with van der Waals surface area (Å²) in [4.78, 5) is 27.4. The molecule has 1 fully saturated rings. The van der Waals surface area contributed by atoms with Crippen LogP contribution in [0.15, 0.2) is 73.7 Å². The molecule has 1 aliphatic heterocycles. The van der Waals surface area contributed by atoms with E-state index in [1.54, 1.807) is 36.8 Å². The zero-order chi connectivity index (χ0) is 24.4. The van der Waals surface area contributed by atoms with Crippen molar-refractivity contribution in [2.75, 3.05) is 30.8 Å². The molecule has 2 N–H and O–H groups in total.